The molecule has 1 saturated heterocycles. The minimum absolute atomic E-state index is 0.0674. The van der Waals surface area contributed by atoms with Crippen molar-refractivity contribution in [3.8, 4) is 11.6 Å². The third-order valence-corrected chi connectivity index (χ3v) is 6.92. The number of ether oxygens (including phenoxy) is 3. The Kier molecular flexibility index (Phi) is 11.0. The first-order valence-electron chi connectivity index (χ1n) is 13.9. The molecule has 0 unspecified atom stereocenters. The van der Waals surface area contributed by atoms with E-state index in [0.29, 0.717) is 69.5 Å². The Balaban J connectivity index is 1.28. The number of aliphatic hydroxyl groups is 1. The SMILES string of the molecule is CCOc1nc(N2CCN(C(=O)OC)CC2)ccc1C(=O)NC[C@@H](O)CCc1ccc(OCc2cnco2)cc1CN. The van der Waals surface area contributed by atoms with Crippen LogP contribution >= 0.6 is 0 Å². The number of nitrogens with one attached hydrogen (secondary N) is 1. The Morgan fingerprint density at radius 2 is 1.95 bits per heavy atom. The van der Waals surface area contributed by atoms with Crippen molar-refractivity contribution in [2.75, 3.05) is 51.3 Å². The molecule has 0 saturated carbocycles. The second kappa shape index (κ2) is 15.0. The molecule has 4 N–H and O–H groups in total. The Hall–Kier alpha value is -4.36. The number of nitrogens with two attached hydrogens (primary N) is 1. The summed E-state index contributed by atoms with van der Waals surface area (Å²) in [7, 11) is 1.36. The highest BCUT2D eigenvalue weighted by molar-refractivity contribution is 5.96. The predicted octanol–water partition coefficient (Wildman–Crippen LogP) is 2.12. The zero-order chi connectivity index (χ0) is 29.9. The number of nitrogens with zero attached hydrogens (tertiary/aromatic N) is 4. The number of aryl methyl sites for hydroxylation is 1. The fraction of sp³-hybridized carbons (Fsp3) is 0.448. The number of pyridine rings is 1. The molecule has 1 aliphatic rings. The molecule has 1 aromatic carbocycles. The number of oxazole rings is 1. The average Bonchev–Trinajstić information content (AvgIpc) is 3.55. The van der Waals surface area contributed by atoms with Gasteiger partial charge in [0.15, 0.2) is 12.2 Å². The van der Waals surface area contributed by atoms with Gasteiger partial charge in [0.1, 0.15) is 23.7 Å². The second-order valence-corrected chi connectivity index (χ2v) is 9.69. The molecule has 1 aliphatic heterocycles. The largest absolute Gasteiger partial charge is 0.486 e. The number of aliphatic hydroxyl groups excluding tert-OH is 1. The smallest absolute Gasteiger partial charge is 0.409 e. The molecule has 2 amide bonds. The Morgan fingerprint density at radius 3 is 2.64 bits per heavy atom. The minimum Gasteiger partial charge on any atom is -0.486 e. The molecule has 1 fully saturated rings. The topological polar surface area (TPSA) is 166 Å². The van der Waals surface area contributed by atoms with Crippen LogP contribution in [0.15, 0.2) is 47.3 Å². The lowest BCUT2D eigenvalue weighted by atomic mass is 10.0. The summed E-state index contributed by atoms with van der Waals surface area (Å²) in [5, 5.41) is 13.4. The molecule has 0 bridgehead atoms. The summed E-state index contributed by atoms with van der Waals surface area (Å²) in [6.45, 7) is 4.98. The number of methoxy groups -OCH3 is 1. The molecule has 0 aliphatic carbocycles. The molecular weight excluding hydrogens is 544 g/mol. The average molecular weight is 583 g/mol. The molecule has 4 rings (SSSR count). The lowest BCUT2D eigenvalue weighted by Gasteiger charge is -2.34. The first-order valence-corrected chi connectivity index (χ1v) is 13.9. The van der Waals surface area contributed by atoms with Gasteiger partial charge in [-0.25, -0.2) is 9.78 Å². The monoisotopic (exact) mass is 582 g/mol. The van der Waals surface area contributed by atoms with Gasteiger partial charge in [-0.2, -0.15) is 4.98 Å². The Bertz CT molecular complexity index is 1310. The van der Waals surface area contributed by atoms with E-state index >= 15 is 0 Å². The van der Waals surface area contributed by atoms with Gasteiger partial charge in [-0.15, -0.1) is 0 Å². The highest BCUT2D eigenvalue weighted by atomic mass is 16.5. The van der Waals surface area contributed by atoms with E-state index in [1.54, 1.807) is 23.2 Å². The zero-order valence-electron chi connectivity index (χ0n) is 24.0. The van der Waals surface area contributed by atoms with Crippen molar-refractivity contribution in [2.24, 2.45) is 5.73 Å². The summed E-state index contributed by atoms with van der Waals surface area (Å²) in [6, 6.07) is 9.09. The van der Waals surface area contributed by atoms with E-state index in [2.05, 4.69) is 15.3 Å². The number of piperazine rings is 1. The summed E-state index contributed by atoms with van der Waals surface area (Å²) >= 11 is 0. The van der Waals surface area contributed by atoms with Gasteiger partial charge in [-0.05, 0) is 55.2 Å². The maximum atomic E-state index is 13.0. The molecule has 13 nitrogen and oxygen atoms in total. The van der Waals surface area contributed by atoms with Gasteiger partial charge < -0.3 is 44.6 Å². The highest BCUT2D eigenvalue weighted by Gasteiger charge is 2.24. The minimum atomic E-state index is -0.768. The van der Waals surface area contributed by atoms with Gasteiger partial charge in [0, 0.05) is 39.3 Å². The normalized spacial score (nSPS) is 13.9. The summed E-state index contributed by atoms with van der Waals surface area (Å²) in [5.41, 5.74) is 8.16. The van der Waals surface area contributed by atoms with Crippen LogP contribution < -0.4 is 25.4 Å². The van der Waals surface area contributed by atoms with Crippen LogP contribution in [0.3, 0.4) is 0 Å². The quantitative estimate of drug-likeness (QED) is 0.270. The van der Waals surface area contributed by atoms with Gasteiger partial charge in [0.05, 0.1) is 26.0 Å². The van der Waals surface area contributed by atoms with Crippen LogP contribution in [-0.2, 0) is 24.3 Å². The first-order chi connectivity index (χ1) is 20.4. The standard InChI is InChI=1S/C29H38N6O7/c1-3-40-28-25(8-9-26(33-28)34-10-12-35(13-11-34)29(38)39-2)27(37)32-16-22(36)6-4-20-5-7-23(14-21(20)15-30)41-18-24-17-31-19-42-24/h5,7-9,14,17,19,22,36H,3-4,6,10-13,15-16,18,30H2,1-2H3,(H,32,37)/t22-/m0/s1. The van der Waals surface area contributed by atoms with Gasteiger partial charge in [0.25, 0.3) is 5.91 Å². The fourth-order valence-electron chi connectivity index (χ4n) is 4.60. The van der Waals surface area contributed by atoms with E-state index in [9.17, 15) is 14.7 Å². The van der Waals surface area contributed by atoms with Crippen molar-refractivity contribution in [3.63, 3.8) is 0 Å². The second-order valence-electron chi connectivity index (χ2n) is 9.69. The molecule has 226 valence electrons. The van der Waals surface area contributed by atoms with Crippen molar-refractivity contribution in [1.29, 1.82) is 0 Å². The predicted molar refractivity (Wildman–Crippen MR) is 153 cm³/mol. The summed E-state index contributed by atoms with van der Waals surface area (Å²) in [4.78, 5) is 36.8. The number of carbonyl (C=O) groups excluding carboxylic acids is 2. The van der Waals surface area contributed by atoms with Crippen LogP contribution in [0, 0.1) is 0 Å². The number of anilines is 1. The molecule has 3 heterocycles. The first kappa shape index (κ1) is 30.6. The van der Waals surface area contributed by atoms with Crippen molar-refractivity contribution in [3.05, 3.63) is 65.4 Å². The van der Waals surface area contributed by atoms with Crippen molar-refractivity contribution < 1.29 is 33.3 Å². The maximum Gasteiger partial charge on any atom is 0.409 e. The molecule has 42 heavy (non-hydrogen) atoms. The van der Waals surface area contributed by atoms with Crippen LogP contribution in [0.1, 0.15) is 40.6 Å². The number of benzene rings is 1. The number of carbonyl (C=O) groups is 2. The van der Waals surface area contributed by atoms with Crippen molar-refractivity contribution in [2.45, 2.75) is 39.0 Å². The lowest BCUT2D eigenvalue weighted by Crippen LogP contribution is -2.49. The number of hydrogen-bond acceptors (Lipinski definition) is 11. The van der Waals surface area contributed by atoms with Crippen molar-refractivity contribution >= 4 is 17.8 Å². The molecule has 2 aromatic heterocycles. The molecule has 3 aromatic rings. The van der Waals surface area contributed by atoms with Crippen LogP contribution in [0.2, 0.25) is 0 Å². The Morgan fingerprint density at radius 1 is 1.14 bits per heavy atom. The van der Waals surface area contributed by atoms with Gasteiger partial charge in [-0.1, -0.05) is 6.07 Å². The van der Waals surface area contributed by atoms with E-state index in [-0.39, 0.29) is 36.6 Å². The number of rotatable bonds is 13. The molecule has 0 radical (unpaired) electrons. The van der Waals surface area contributed by atoms with Crippen LogP contribution in [0.4, 0.5) is 10.6 Å². The summed E-state index contributed by atoms with van der Waals surface area (Å²) < 4.78 is 21.4. The van der Waals surface area contributed by atoms with E-state index in [0.717, 1.165) is 11.1 Å². The van der Waals surface area contributed by atoms with Crippen LogP contribution in [0.5, 0.6) is 11.6 Å². The molecular formula is C29H38N6O7. The van der Waals surface area contributed by atoms with Gasteiger partial charge in [0.2, 0.25) is 5.88 Å². The Labute approximate surface area is 244 Å². The molecule has 1 atom stereocenters. The summed E-state index contributed by atoms with van der Waals surface area (Å²) in [5.74, 6) is 1.77. The maximum absolute atomic E-state index is 13.0. The van der Waals surface area contributed by atoms with E-state index < -0.39 is 6.10 Å². The van der Waals surface area contributed by atoms with Crippen molar-refractivity contribution in [1.82, 2.24) is 20.2 Å². The number of hydrogen-bond donors (Lipinski definition) is 3. The molecule has 0 spiro atoms. The molecule has 13 heteroatoms. The third-order valence-electron chi connectivity index (χ3n) is 6.92. The van der Waals surface area contributed by atoms with Gasteiger partial charge >= 0.3 is 6.09 Å². The van der Waals surface area contributed by atoms with Crippen LogP contribution in [-0.4, -0.2) is 84.5 Å². The van der Waals surface area contributed by atoms with Gasteiger partial charge in [-0.3, -0.25) is 4.79 Å². The van der Waals surface area contributed by atoms with E-state index in [1.165, 1.54) is 13.5 Å². The number of amides is 2. The van der Waals surface area contributed by atoms with E-state index in [1.807, 2.05) is 30.0 Å². The highest BCUT2D eigenvalue weighted by Crippen LogP contribution is 2.23. The lowest BCUT2D eigenvalue weighted by molar-refractivity contribution is 0.0906. The fourth-order valence-corrected chi connectivity index (χ4v) is 4.60. The zero-order valence-corrected chi connectivity index (χ0v) is 24.0. The summed E-state index contributed by atoms with van der Waals surface area (Å²) in [6.07, 6.45) is 2.84. The number of aromatic nitrogens is 2. The third kappa shape index (κ3) is 8.10. The van der Waals surface area contributed by atoms with E-state index in [4.69, 9.17) is 24.4 Å². The van der Waals surface area contributed by atoms with Crippen LogP contribution in [0.25, 0.3) is 0 Å².